The van der Waals surface area contributed by atoms with Crippen LogP contribution in [0.4, 0.5) is 0 Å². The van der Waals surface area contributed by atoms with Gasteiger partial charge in [0.05, 0.1) is 6.42 Å². The van der Waals surface area contributed by atoms with Gasteiger partial charge in [-0.1, -0.05) is 30.3 Å². The van der Waals surface area contributed by atoms with E-state index in [1.165, 1.54) is 0 Å². The second-order valence-electron chi connectivity index (χ2n) is 5.67. The largest absolute Gasteiger partial charge is 0.480 e. The van der Waals surface area contributed by atoms with Crippen LogP contribution in [0.15, 0.2) is 30.3 Å². The molecule has 0 heterocycles. The highest BCUT2D eigenvalue weighted by molar-refractivity contribution is 5.78. The number of benzene rings is 1. The number of carboxylic acid groups (broad SMARTS) is 1. The van der Waals surface area contributed by atoms with Gasteiger partial charge in [0.25, 0.3) is 0 Å². The Kier molecular flexibility index (Phi) is 5.27. The Balaban J connectivity index is 2.90. The van der Waals surface area contributed by atoms with Crippen molar-refractivity contribution in [2.75, 3.05) is 0 Å². The van der Waals surface area contributed by atoms with Crippen molar-refractivity contribution in [1.82, 2.24) is 0 Å². The molecule has 1 aromatic carbocycles. The van der Waals surface area contributed by atoms with Crippen LogP contribution >= 0.6 is 0 Å². The van der Waals surface area contributed by atoms with Crippen molar-refractivity contribution in [3.8, 4) is 0 Å². The Morgan fingerprint density at radius 1 is 1.25 bits per heavy atom. The summed E-state index contributed by atoms with van der Waals surface area (Å²) in [5.41, 5.74) is 5.81. The van der Waals surface area contributed by atoms with Gasteiger partial charge in [0.2, 0.25) is 0 Å². The van der Waals surface area contributed by atoms with Gasteiger partial charge < -0.3 is 15.6 Å². The average molecular weight is 279 g/mol. The summed E-state index contributed by atoms with van der Waals surface area (Å²) < 4.78 is 5.23. The molecule has 2 atom stereocenters. The SMILES string of the molecule is CC(C)(C)OC(=O)CC(c1ccccc1)C(N)C(=O)O. The van der Waals surface area contributed by atoms with E-state index in [2.05, 4.69) is 0 Å². The molecule has 0 aromatic heterocycles. The molecule has 3 N–H and O–H groups in total. The van der Waals surface area contributed by atoms with Crippen molar-refractivity contribution >= 4 is 11.9 Å². The average Bonchev–Trinajstić information content (AvgIpc) is 2.34. The van der Waals surface area contributed by atoms with Crippen molar-refractivity contribution in [1.29, 1.82) is 0 Å². The minimum atomic E-state index is -1.15. The minimum absolute atomic E-state index is 0.0608. The molecule has 0 radical (unpaired) electrons. The minimum Gasteiger partial charge on any atom is -0.480 e. The Morgan fingerprint density at radius 3 is 2.25 bits per heavy atom. The van der Waals surface area contributed by atoms with Gasteiger partial charge in [0.1, 0.15) is 11.6 Å². The highest BCUT2D eigenvalue weighted by Crippen LogP contribution is 2.24. The van der Waals surface area contributed by atoms with Crippen LogP contribution in [0.5, 0.6) is 0 Å². The summed E-state index contributed by atoms with van der Waals surface area (Å²) in [6.45, 7) is 5.29. The van der Waals surface area contributed by atoms with Gasteiger partial charge in [-0.3, -0.25) is 9.59 Å². The highest BCUT2D eigenvalue weighted by Gasteiger charge is 2.29. The summed E-state index contributed by atoms with van der Waals surface area (Å²) in [5, 5.41) is 9.08. The van der Waals surface area contributed by atoms with Gasteiger partial charge >= 0.3 is 11.9 Å². The van der Waals surface area contributed by atoms with Crippen LogP contribution in [0, 0.1) is 0 Å². The number of hydrogen-bond donors (Lipinski definition) is 2. The molecule has 0 spiro atoms. The maximum atomic E-state index is 11.9. The Bertz CT molecular complexity index is 465. The molecule has 0 aliphatic heterocycles. The lowest BCUT2D eigenvalue weighted by Gasteiger charge is -2.24. The number of nitrogens with two attached hydrogens (primary N) is 1. The number of esters is 1. The number of aliphatic carboxylic acids is 1. The maximum absolute atomic E-state index is 11.9. The van der Waals surface area contributed by atoms with Crippen molar-refractivity contribution in [2.24, 2.45) is 5.73 Å². The van der Waals surface area contributed by atoms with E-state index in [0.29, 0.717) is 5.56 Å². The fraction of sp³-hybridized carbons (Fsp3) is 0.467. The molecule has 0 amide bonds. The summed E-state index contributed by atoms with van der Waals surface area (Å²) >= 11 is 0. The molecule has 0 fully saturated rings. The van der Waals surface area contributed by atoms with E-state index >= 15 is 0 Å². The zero-order chi connectivity index (χ0) is 15.3. The molecule has 0 saturated carbocycles. The van der Waals surface area contributed by atoms with Crippen LogP contribution in [-0.4, -0.2) is 28.7 Å². The summed E-state index contributed by atoms with van der Waals surface area (Å²) in [7, 11) is 0. The quantitative estimate of drug-likeness (QED) is 0.804. The molecular weight excluding hydrogens is 258 g/mol. The van der Waals surface area contributed by atoms with Gasteiger partial charge in [0, 0.05) is 5.92 Å². The van der Waals surface area contributed by atoms with E-state index in [4.69, 9.17) is 15.6 Å². The smallest absolute Gasteiger partial charge is 0.321 e. The zero-order valence-electron chi connectivity index (χ0n) is 12.0. The van der Waals surface area contributed by atoms with Crippen molar-refractivity contribution in [3.63, 3.8) is 0 Å². The molecule has 0 aliphatic carbocycles. The first-order valence-electron chi connectivity index (χ1n) is 6.46. The second kappa shape index (κ2) is 6.52. The second-order valence-corrected chi connectivity index (χ2v) is 5.67. The van der Waals surface area contributed by atoms with E-state index < -0.39 is 29.5 Å². The summed E-state index contributed by atoms with van der Waals surface area (Å²) in [6.07, 6.45) is -0.0608. The number of carbonyl (C=O) groups is 2. The van der Waals surface area contributed by atoms with Gasteiger partial charge in [-0.05, 0) is 26.3 Å². The van der Waals surface area contributed by atoms with Gasteiger partial charge in [0.15, 0.2) is 0 Å². The number of ether oxygens (including phenoxy) is 1. The lowest BCUT2D eigenvalue weighted by Crippen LogP contribution is -2.38. The molecule has 5 heteroatoms. The first kappa shape index (κ1) is 16.2. The molecule has 1 aromatic rings. The molecule has 0 bridgehead atoms. The third-order valence-corrected chi connectivity index (χ3v) is 2.75. The summed E-state index contributed by atoms with van der Waals surface area (Å²) in [5.74, 6) is -2.20. The Hall–Kier alpha value is -1.88. The molecule has 1 rings (SSSR count). The normalized spacial score (nSPS) is 14.4. The van der Waals surface area contributed by atoms with E-state index in [1.54, 1.807) is 45.0 Å². The Morgan fingerprint density at radius 2 is 1.80 bits per heavy atom. The van der Waals surface area contributed by atoms with Gasteiger partial charge in [-0.25, -0.2) is 0 Å². The molecule has 0 aliphatic rings. The first-order chi connectivity index (χ1) is 9.20. The molecule has 5 nitrogen and oxygen atoms in total. The molecule has 20 heavy (non-hydrogen) atoms. The number of carbonyl (C=O) groups excluding carboxylic acids is 1. The third-order valence-electron chi connectivity index (χ3n) is 2.75. The predicted octanol–water partition coefficient (Wildman–Crippen LogP) is 1.91. The monoisotopic (exact) mass is 279 g/mol. The molecular formula is C15H21NO4. The summed E-state index contributed by atoms with van der Waals surface area (Å²) in [6, 6.07) is 7.76. The van der Waals surface area contributed by atoms with Gasteiger partial charge in [-0.2, -0.15) is 0 Å². The van der Waals surface area contributed by atoms with E-state index in [9.17, 15) is 9.59 Å². The lowest BCUT2D eigenvalue weighted by atomic mass is 9.89. The van der Waals surface area contributed by atoms with E-state index in [-0.39, 0.29) is 6.42 Å². The number of carboxylic acids is 1. The Labute approximate surface area is 118 Å². The van der Waals surface area contributed by atoms with Crippen LogP contribution in [0.25, 0.3) is 0 Å². The van der Waals surface area contributed by atoms with Crippen LogP contribution in [0.1, 0.15) is 38.7 Å². The molecule has 110 valence electrons. The lowest BCUT2D eigenvalue weighted by molar-refractivity contribution is -0.155. The van der Waals surface area contributed by atoms with E-state index in [1.807, 2.05) is 6.07 Å². The van der Waals surface area contributed by atoms with Crippen LogP contribution in [0.3, 0.4) is 0 Å². The fourth-order valence-corrected chi connectivity index (χ4v) is 1.89. The van der Waals surface area contributed by atoms with Gasteiger partial charge in [-0.15, -0.1) is 0 Å². The summed E-state index contributed by atoms with van der Waals surface area (Å²) in [4.78, 5) is 23.0. The standard InChI is InChI=1S/C15H21NO4/c1-15(2,3)20-12(17)9-11(13(16)14(18)19)10-7-5-4-6-8-10/h4-8,11,13H,9,16H2,1-3H3,(H,18,19). The topological polar surface area (TPSA) is 89.6 Å². The van der Waals surface area contributed by atoms with Crippen molar-refractivity contribution in [3.05, 3.63) is 35.9 Å². The number of rotatable bonds is 5. The number of hydrogen-bond acceptors (Lipinski definition) is 4. The van der Waals surface area contributed by atoms with Crippen LogP contribution in [-0.2, 0) is 14.3 Å². The van der Waals surface area contributed by atoms with E-state index in [0.717, 1.165) is 0 Å². The maximum Gasteiger partial charge on any atom is 0.321 e. The van der Waals surface area contributed by atoms with Crippen LogP contribution < -0.4 is 5.73 Å². The predicted molar refractivity (Wildman–Crippen MR) is 75.3 cm³/mol. The van der Waals surface area contributed by atoms with Crippen LogP contribution in [0.2, 0.25) is 0 Å². The van der Waals surface area contributed by atoms with Crippen molar-refractivity contribution < 1.29 is 19.4 Å². The zero-order valence-corrected chi connectivity index (χ0v) is 12.0. The molecule has 2 unspecified atom stereocenters. The van der Waals surface area contributed by atoms with Crippen molar-refractivity contribution in [2.45, 2.75) is 44.8 Å². The fourth-order valence-electron chi connectivity index (χ4n) is 1.89. The first-order valence-corrected chi connectivity index (χ1v) is 6.46. The third kappa shape index (κ3) is 5.01. The molecule has 0 saturated heterocycles. The highest BCUT2D eigenvalue weighted by atomic mass is 16.6.